The molecule has 1 atom stereocenters. The van der Waals surface area contributed by atoms with Gasteiger partial charge in [-0.3, -0.25) is 0 Å². The molecule has 1 heterocycles. The van der Waals surface area contributed by atoms with E-state index in [4.69, 9.17) is 11.6 Å². The van der Waals surface area contributed by atoms with E-state index in [0.717, 1.165) is 35.0 Å². The third kappa shape index (κ3) is 3.94. The average Bonchev–Trinajstić information content (AvgIpc) is 2.77. The summed E-state index contributed by atoms with van der Waals surface area (Å²) in [5.41, 5.74) is 1.26. The monoisotopic (exact) mass is 370 g/mol. The highest BCUT2D eigenvalue weighted by molar-refractivity contribution is 9.10. The van der Waals surface area contributed by atoms with Crippen LogP contribution in [0.5, 0.6) is 0 Å². The second-order valence-corrected chi connectivity index (χ2v) is 7.62. The van der Waals surface area contributed by atoms with Crippen LogP contribution in [0.3, 0.4) is 0 Å². The molecule has 2 fully saturated rings. The van der Waals surface area contributed by atoms with Crippen molar-refractivity contribution in [2.45, 2.75) is 44.6 Å². The fourth-order valence-corrected chi connectivity index (χ4v) is 4.14. The molecular weight excluding hydrogens is 348 g/mol. The van der Waals surface area contributed by atoms with E-state index in [-0.39, 0.29) is 0 Å². The molecule has 1 aliphatic heterocycles. The minimum atomic E-state index is 0.634. The van der Waals surface area contributed by atoms with Crippen molar-refractivity contribution < 1.29 is 0 Å². The molecule has 1 saturated carbocycles. The Hall–Kier alpha value is -0.250. The summed E-state index contributed by atoms with van der Waals surface area (Å²) in [5.74, 6) is 0.852. The second-order valence-electron chi connectivity index (χ2n) is 6.36. The quantitative estimate of drug-likeness (QED) is 0.799. The van der Waals surface area contributed by atoms with Crippen LogP contribution in [-0.4, -0.2) is 25.7 Å². The van der Waals surface area contributed by atoms with E-state index in [0.29, 0.717) is 6.04 Å². The van der Waals surface area contributed by atoms with Gasteiger partial charge in [0.15, 0.2) is 0 Å². The molecule has 116 valence electrons. The van der Waals surface area contributed by atoms with Crippen LogP contribution in [0, 0.1) is 5.92 Å². The second kappa shape index (κ2) is 7.34. The molecule has 2 aliphatic rings. The van der Waals surface area contributed by atoms with Crippen molar-refractivity contribution in [3.05, 3.63) is 27.7 Å². The third-order valence-electron chi connectivity index (χ3n) is 4.92. The first kappa shape index (κ1) is 15.6. The molecule has 0 radical (unpaired) electrons. The van der Waals surface area contributed by atoms with Crippen LogP contribution >= 0.6 is 27.5 Å². The van der Waals surface area contributed by atoms with Crippen LogP contribution in [-0.2, 0) is 0 Å². The van der Waals surface area contributed by atoms with Gasteiger partial charge in [-0.2, -0.15) is 0 Å². The number of hydrogen-bond donors (Lipinski definition) is 1. The molecule has 0 bridgehead atoms. The van der Waals surface area contributed by atoms with Crippen molar-refractivity contribution in [2.75, 3.05) is 24.5 Å². The fourth-order valence-electron chi connectivity index (χ4n) is 3.72. The summed E-state index contributed by atoms with van der Waals surface area (Å²) < 4.78 is 0.977. The first-order valence-electron chi connectivity index (χ1n) is 8.17. The van der Waals surface area contributed by atoms with Gasteiger partial charge in [-0.05, 0) is 65.9 Å². The lowest BCUT2D eigenvalue weighted by Crippen LogP contribution is -2.43. The molecule has 0 amide bonds. The Morgan fingerprint density at radius 2 is 1.95 bits per heavy atom. The zero-order valence-corrected chi connectivity index (χ0v) is 14.8. The summed E-state index contributed by atoms with van der Waals surface area (Å²) in [6.45, 7) is 3.37. The summed E-state index contributed by atoms with van der Waals surface area (Å²) in [5, 5.41) is 4.60. The summed E-state index contributed by atoms with van der Waals surface area (Å²) >= 11 is 9.75. The number of rotatable bonds is 2. The lowest BCUT2D eigenvalue weighted by atomic mass is 9.83. The number of nitrogens with zero attached hydrogens (tertiary/aromatic N) is 1. The van der Waals surface area contributed by atoms with E-state index in [1.807, 2.05) is 0 Å². The fraction of sp³-hybridized carbons (Fsp3) is 0.647. The van der Waals surface area contributed by atoms with Gasteiger partial charge in [0.25, 0.3) is 0 Å². The summed E-state index contributed by atoms with van der Waals surface area (Å²) in [4.78, 5) is 2.51. The van der Waals surface area contributed by atoms with Gasteiger partial charge in [0.1, 0.15) is 0 Å². The maximum absolute atomic E-state index is 6.27. The van der Waals surface area contributed by atoms with Gasteiger partial charge < -0.3 is 10.2 Å². The zero-order valence-electron chi connectivity index (χ0n) is 12.5. The topological polar surface area (TPSA) is 15.3 Å². The number of halogens is 2. The van der Waals surface area contributed by atoms with E-state index >= 15 is 0 Å². The molecule has 4 heteroatoms. The predicted molar refractivity (Wildman–Crippen MR) is 94.3 cm³/mol. The molecule has 1 aromatic rings. The number of benzene rings is 1. The van der Waals surface area contributed by atoms with E-state index in [1.54, 1.807) is 0 Å². The summed E-state index contributed by atoms with van der Waals surface area (Å²) in [7, 11) is 0. The Morgan fingerprint density at radius 3 is 2.71 bits per heavy atom. The minimum absolute atomic E-state index is 0.634. The molecule has 1 unspecified atom stereocenters. The van der Waals surface area contributed by atoms with Crippen LogP contribution in [0.25, 0.3) is 0 Å². The standard InChI is InChI=1S/C17H24BrClN2/c18-15-8-7-14(11-16(15)19)21-10-4-9-20-17(12-21)13-5-2-1-3-6-13/h7-8,11,13,17,20H,1-6,9-10,12H2. The Bertz CT molecular complexity index is 474. The van der Waals surface area contributed by atoms with Crippen molar-refractivity contribution in [3.63, 3.8) is 0 Å². The van der Waals surface area contributed by atoms with Gasteiger partial charge in [0.05, 0.1) is 5.02 Å². The van der Waals surface area contributed by atoms with Crippen molar-refractivity contribution in [3.8, 4) is 0 Å². The van der Waals surface area contributed by atoms with Gasteiger partial charge in [0.2, 0.25) is 0 Å². The number of nitrogens with one attached hydrogen (secondary N) is 1. The molecule has 1 aliphatic carbocycles. The maximum Gasteiger partial charge on any atom is 0.0568 e. The summed E-state index contributed by atoms with van der Waals surface area (Å²) in [6, 6.07) is 6.97. The normalized spacial score (nSPS) is 24.9. The van der Waals surface area contributed by atoms with Gasteiger partial charge >= 0.3 is 0 Å². The lowest BCUT2D eigenvalue weighted by molar-refractivity contribution is 0.277. The van der Waals surface area contributed by atoms with Crippen molar-refractivity contribution in [2.24, 2.45) is 5.92 Å². The van der Waals surface area contributed by atoms with Gasteiger partial charge in [-0.25, -0.2) is 0 Å². The minimum Gasteiger partial charge on any atom is -0.370 e. The molecule has 1 saturated heterocycles. The predicted octanol–water partition coefficient (Wildman–Crippen LogP) is 4.85. The third-order valence-corrected chi connectivity index (χ3v) is 6.15. The molecule has 1 aromatic carbocycles. The molecule has 1 N–H and O–H groups in total. The summed E-state index contributed by atoms with van der Waals surface area (Å²) in [6.07, 6.45) is 8.24. The van der Waals surface area contributed by atoms with Crippen LogP contribution in [0.1, 0.15) is 38.5 Å². The molecule has 21 heavy (non-hydrogen) atoms. The molecule has 0 spiro atoms. The first-order chi connectivity index (χ1) is 10.2. The number of anilines is 1. The van der Waals surface area contributed by atoms with Crippen LogP contribution in [0.4, 0.5) is 5.69 Å². The average molecular weight is 372 g/mol. The highest BCUT2D eigenvalue weighted by Gasteiger charge is 2.27. The van der Waals surface area contributed by atoms with Crippen LogP contribution in [0.2, 0.25) is 5.02 Å². The number of hydrogen-bond acceptors (Lipinski definition) is 2. The van der Waals surface area contributed by atoms with E-state index < -0.39 is 0 Å². The largest absolute Gasteiger partial charge is 0.370 e. The van der Waals surface area contributed by atoms with Gasteiger partial charge in [0, 0.05) is 29.3 Å². The Morgan fingerprint density at radius 1 is 1.14 bits per heavy atom. The highest BCUT2D eigenvalue weighted by Crippen LogP contribution is 2.31. The van der Waals surface area contributed by atoms with Crippen LogP contribution in [0.15, 0.2) is 22.7 Å². The Kier molecular flexibility index (Phi) is 5.47. The van der Waals surface area contributed by atoms with Crippen molar-refractivity contribution in [1.82, 2.24) is 5.32 Å². The molecule has 0 aromatic heterocycles. The van der Waals surface area contributed by atoms with Gasteiger partial charge in [-0.15, -0.1) is 0 Å². The maximum atomic E-state index is 6.27. The van der Waals surface area contributed by atoms with E-state index in [2.05, 4.69) is 44.3 Å². The van der Waals surface area contributed by atoms with E-state index in [9.17, 15) is 0 Å². The smallest absolute Gasteiger partial charge is 0.0568 e. The van der Waals surface area contributed by atoms with E-state index in [1.165, 1.54) is 44.2 Å². The SMILES string of the molecule is Clc1cc(N2CCCNC(C3CCCCC3)C2)ccc1Br. The molecular formula is C17H24BrClN2. The van der Waals surface area contributed by atoms with Crippen molar-refractivity contribution in [1.29, 1.82) is 0 Å². The Labute approximate surface area is 141 Å². The zero-order chi connectivity index (χ0) is 14.7. The molecule has 3 rings (SSSR count). The molecule has 2 nitrogen and oxygen atoms in total. The van der Waals surface area contributed by atoms with Gasteiger partial charge in [-0.1, -0.05) is 30.9 Å². The Balaban J connectivity index is 1.73. The van der Waals surface area contributed by atoms with Crippen molar-refractivity contribution >= 4 is 33.2 Å². The lowest BCUT2D eigenvalue weighted by Gasteiger charge is -2.33. The van der Waals surface area contributed by atoms with Crippen LogP contribution < -0.4 is 10.2 Å². The first-order valence-corrected chi connectivity index (χ1v) is 9.34. The highest BCUT2D eigenvalue weighted by atomic mass is 79.9.